The Kier molecular flexibility index (Phi) is 5.15. The monoisotopic (exact) mass is 290 g/mol. The van der Waals surface area contributed by atoms with Gasteiger partial charge in [0.1, 0.15) is 5.76 Å². The molecule has 2 aromatic heterocycles. The minimum absolute atomic E-state index is 0.122. The summed E-state index contributed by atoms with van der Waals surface area (Å²) in [6.45, 7) is 0.574. The van der Waals surface area contributed by atoms with Crippen LogP contribution >= 0.6 is 11.3 Å². The molecule has 1 N–H and O–H groups in total. The zero-order valence-corrected chi connectivity index (χ0v) is 12.4. The number of carbonyl (C=O) groups excluding carboxylic acids is 1. The quantitative estimate of drug-likeness (QED) is 0.832. The first-order valence-electron chi connectivity index (χ1n) is 6.35. The van der Waals surface area contributed by atoms with Crippen molar-refractivity contribution in [1.82, 2.24) is 10.2 Å². The van der Waals surface area contributed by atoms with Crippen molar-refractivity contribution in [2.24, 2.45) is 0 Å². The topological polar surface area (TPSA) is 45.5 Å². The minimum atomic E-state index is -0.122. The van der Waals surface area contributed by atoms with E-state index in [1.165, 1.54) is 11.6 Å². The summed E-state index contributed by atoms with van der Waals surface area (Å²) >= 11 is 1.66. The van der Waals surface area contributed by atoms with Crippen LogP contribution in [0.25, 0.3) is 6.08 Å². The van der Waals surface area contributed by atoms with Gasteiger partial charge in [-0.15, -0.1) is 0 Å². The minimum Gasteiger partial charge on any atom is -0.465 e. The lowest BCUT2D eigenvalue weighted by Crippen LogP contribution is -2.33. The molecule has 1 atom stereocenters. The Morgan fingerprint density at radius 3 is 2.95 bits per heavy atom. The van der Waals surface area contributed by atoms with Crippen LogP contribution in [0.1, 0.15) is 17.4 Å². The summed E-state index contributed by atoms with van der Waals surface area (Å²) < 4.78 is 5.13. The lowest BCUT2D eigenvalue weighted by atomic mass is 10.1. The Hall–Kier alpha value is -1.85. The first kappa shape index (κ1) is 14.6. The first-order chi connectivity index (χ1) is 9.66. The Morgan fingerprint density at radius 2 is 2.35 bits per heavy atom. The van der Waals surface area contributed by atoms with Gasteiger partial charge in [-0.3, -0.25) is 4.79 Å². The van der Waals surface area contributed by atoms with Crippen molar-refractivity contribution < 1.29 is 9.21 Å². The van der Waals surface area contributed by atoms with Crippen LogP contribution in [0.15, 0.2) is 45.7 Å². The largest absolute Gasteiger partial charge is 0.465 e. The number of likely N-dealkylation sites (N-methyl/N-ethyl adjacent to an activating group) is 1. The second kappa shape index (κ2) is 7.07. The zero-order chi connectivity index (χ0) is 14.4. The zero-order valence-electron chi connectivity index (χ0n) is 11.6. The van der Waals surface area contributed by atoms with Crippen LogP contribution < -0.4 is 5.32 Å². The highest BCUT2D eigenvalue weighted by Gasteiger charge is 2.14. The third-order valence-corrected chi connectivity index (χ3v) is 3.66. The average molecular weight is 290 g/mol. The molecule has 20 heavy (non-hydrogen) atoms. The van der Waals surface area contributed by atoms with E-state index in [1.54, 1.807) is 35.8 Å². The first-order valence-corrected chi connectivity index (χ1v) is 7.29. The maximum atomic E-state index is 11.8. The number of furan rings is 1. The van der Waals surface area contributed by atoms with Crippen molar-refractivity contribution in [1.29, 1.82) is 0 Å². The van der Waals surface area contributed by atoms with E-state index in [4.69, 9.17) is 4.42 Å². The molecular formula is C15H18N2O2S. The van der Waals surface area contributed by atoms with Gasteiger partial charge in [0.25, 0.3) is 0 Å². The van der Waals surface area contributed by atoms with Gasteiger partial charge in [-0.25, -0.2) is 0 Å². The van der Waals surface area contributed by atoms with E-state index >= 15 is 0 Å². The third-order valence-electron chi connectivity index (χ3n) is 2.96. The molecule has 0 saturated carbocycles. The van der Waals surface area contributed by atoms with Crippen LogP contribution in [0, 0.1) is 0 Å². The van der Waals surface area contributed by atoms with Crippen LogP contribution in [0.5, 0.6) is 0 Å². The summed E-state index contributed by atoms with van der Waals surface area (Å²) in [5, 5.41) is 7.06. The molecule has 0 fully saturated rings. The van der Waals surface area contributed by atoms with Crippen molar-refractivity contribution in [3.63, 3.8) is 0 Å². The molecule has 106 valence electrons. The van der Waals surface area contributed by atoms with Crippen molar-refractivity contribution in [3.05, 3.63) is 52.6 Å². The molecular weight excluding hydrogens is 272 g/mol. The Morgan fingerprint density at radius 1 is 1.50 bits per heavy atom. The molecule has 0 spiro atoms. The maximum Gasteiger partial charge on any atom is 0.244 e. The van der Waals surface area contributed by atoms with Gasteiger partial charge < -0.3 is 14.6 Å². The van der Waals surface area contributed by atoms with Gasteiger partial charge in [0.2, 0.25) is 5.91 Å². The smallest absolute Gasteiger partial charge is 0.244 e. The number of hydrogen-bond donors (Lipinski definition) is 1. The summed E-state index contributed by atoms with van der Waals surface area (Å²) in [4.78, 5) is 13.9. The van der Waals surface area contributed by atoms with Crippen molar-refractivity contribution >= 4 is 23.3 Å². The summed E-state index contributed by atoms with van der Waals surface area (Å²) in [6.07, 6.45) is 4.72. The van der Waals surface area contributed by atoms with Crippen LogP contribution in [-0.4, -0.2) is 31.4 Å². The van der Waals surface area contributed by atoms with Gasteiger partial charge >= 0.3 is 0 Å². The summed E-state index contributed by atoms with van der Waals surface area (Å²) in [5.41, 5.74) is 1.22. The van der Waals surface area contributed by atoms with E-state index in [9.17, 15) is 4.79 Å². The molecule has 0 aliphatic carbocycles. The van der Waals surface area contributed by atoms with E-state index in [0.29, 0.717) is 12.3 Å². The normalized spacial score (nSPS) is 12.9. The van der Waals surface area contributed by atoms with Gasteiger partial charge in [-0.2, -0.15) is 11.3 Å². The number of thiophene rings is 1. The van der Waals surface area contributed by atoms with Gasteiger partial charge in [-0.1, -0.05) is 0 Å². The summed E-state index contributed by atoms with van der Waals surface area (Å²) in [7, 11) is 4.01. The Labute approximate surface area is 122 Å². The lowest BCUT2D eigenvalue weighted by Gasteiger charge is -2.23. The maximum absolute atomic E-state index is 11.8. The molecule has 2 rings (SSSR count). The Bertz CT molecular complexity index is 544. The Balaban J connectivity index is 1.88. The fourth-order valence-corrected chi connectivity index (χ4v) is 2.57. The fourth-order valence-electron chi connectivity index (χ4n) is 1.86. The van der Waals surface area contributed by atoms with E-state index < -0.39 is 0 Å². The van der Waals surface area contributed by atoms with Gasteiger partial charge in [0, 0.05) is 12.6 Å². The molecule has 0 bridgehead atoms. The van der Waals surface area contributed by atoms with Crippen LogP contribution in [-0.2, 0) is 4.79 Å². The van der Waals surface area contributed by atoms with Gasteiger partial charge in [-0.05, 0) is 54.7 Å². The molecule has 2 heterocycles. The SMILES string of the molecule is CN(C)C(CNC(=O)C=Cc1ccco1)c1ccsc1. The van der Waals surface area contributed by atoms with Crippen LogP contribution in [0.2, 0.25) is 0 Å². The summed E-state index contributed by atoms with van der Waals surface area (Å²) in [5.74, 6) is 0.547. The molecule has 0 aromatic carbocycles. The average Bonchev–Trinajstić information content (AvgIpc) is 3.09. The number of hydrogen-bond acceptors (Lipinski definition) is 4. The number of nitrogens with zero attached hydrogens (tertiary/aromatic N) is 1. The molecule has 5 heteroatoms. The highest BCUT2D eigenvalue weighted by atomic mass is 32.1. The third kappa shape index (κ3) is 4.08. The molecule has 0 radical (unpaired) electrons. The van der Waals surface area contributed by atoms with E-state index in [2.05, 4.69) is 21.7 Å². The molecule has 4 nitrogen and oxygen atoms in total. The molecule has 2 aromatic rings. The molecule has 0 saturated heterocycles. The van der Waals surface area contributed by atoms with Crippen LogP contribution in [0.3, 0.4) is 0 Å². The molecule has 1 amide bonds. The van der Waals surface area contributed by atoms with Crippen molar-refractivity contribution in [2.45, 2.75) is 6.04 Å². The number of amides is 1. The van der Waals surface area contributed by atoms with E-state index in [0.717, 1.165) is 0 Å². The predicted molar refractivity (Wildman–Crippen MR) is 81.5 cm³/mol. The van der Waals surface area contributed by atoms with E-state index in [1.807, 2.05) is 19.5 Å². The summed E-state index contributed by atoms with van der Waals surface area (Å²) in [6, 6.07) is 5.86. The highest BCUT2D eigenvalue weighted by Crippen LogP contribution is 2.19. The standard InChI is InChI=1S/C15H18N2O2S/c1-17(2)14(12-7-9-20-11-12)10-16-15(18)6-5-13-4-3-8-19-13/h3-9,11,14H,10H2,1-2H3,(H,16,18). The van der Waals surface area contributed by atoms with Crippen molar-refractivity contribution in [2.75, 3.05) is 20.6 Å². The van der Waals surface area contributed by atoms with Crippen LogP contribution in [0.4, 0.5) is 0 Å². The molecule has 1 unspecified atom stereocenters. The second-order valence-corrected chi connectivity index (χ2v) is 5.41. The van der Waals surface area contributed by atoms with Crippen molar-refractivity contribution in [3.8, 4) is 0 Å². The van der Waals surface area contributed by atoms with Gasteiger partial charge in [0.15, 0.2) is 0 Å². The fraction of sp³-hybridized carbons (Fsp3) is 0.267. The molecule has 0 aliphatic rings. The van der Waals surface area contributed by atoms with Gasteiger partial charge in [0.05, 0.1) is 12.3 Å². The number of carbonyl (C=O) groups is 1. The number of rotatable bonds is 6. The second-order valence-electron chi connectivity index (χ2n) is 4.63. The lowest BCUT2D eigenvalue weighted by molar-refractivity contribution is -0.116. The molecule has 0 aliphatic heterocycles. The predicted octanol–water partition coefficient (Wildman–Crippen LogP) is 2.77. The number of nitrogens with one attached hydrogen (secondary N) is 1. The highest BCUT2D eigenvalue weighted by molar-refractivity contribution is 7.07. The van der Waals surface area contributed by atoms with E-state index in [-0.39, 0.29) is 11.9 Å².